The Hall–Kier alpha value is -0.460. The van der Waals surface area contributed by atoms with Gasteiger partial charge in [0.25, 0.3) is 0 Å². The van der Waals surface area contributed by atoms with Gasteiger partial charge in [-0.15, -0.1) is 6.58 Å². The highest BCUT2D eigenvalue weighted by Crippen LogP contribution is 2.35. The van der Waals surface area contributed by atoms with E-state index in [4.69, 9.17) is 23.7 Å². The van der Waals surface area contributed by atoms with E-state index in [2.05, 4.69) is 6.58 Å². The maximum absolute atomic E-state index is 5.94. The average Bonchev–Trinajstić information content (AvgIpc) is 2.79. The van der Waals surface area contributed by atoms with Crippen LogP contribution in [-0.4, -0.2) is 49.7 Å². The third-order valence-corrected chi connectivity index (χ3v) is 3.14. The first-order valence-electron chi connectivity index (χ1n) is 6.69. The first kappa shape index (κ1) is 14.9. The minimum atomic E-state index is -0.622. The normalized spacial score (nSPS) is 36.5. The van der Waals surface area contributed by atoms with Crippen LogP contribution in [0.25, 0.3) is 0 Å². The van der Waals surface area contributed by atoms with Gasteiger partial charge >= 0.3 is 0 Å². The van der Waals surface area contributed by atoms with E-state index < -0.39 is 11.6 Å². The van der Waals surface area contributed by atoms with Gasteiger partial charge in [0.05, 0.1) is 19.8 Å². The Morgan fingerprint density at radius 2 is 1.89 bits per heavy atom. The van der Waals surface area contributed by atoms with Crippen LogP contribution >= 0.6 is 0 Å². The van der Waals surface area contributed by atoms with Crippen LogP contribution in [-0.2, 0) is 23.7 Å². The Morgan fingerprint density at radius 3 is 2.47 bits per heavy atom. The molecule has 110 valence electrons. The monoisotopic (exact) mass is 272 g/mol. The Morgan fingerprint density at radius 1 is 1.16 bits per heavy atom. The van der Waals surface area contributed by atoms with E-state index in [0.29, 0.717) is 19.8 Å². The van der Waals surface area contributed by atoms with Gasteiger partial charge in [0.2, 0.25) is 0 Å². The van der Waals surface area contributed by atoms with E-state index in [1.54, 1.807) is 6.08 Å². The zero-order valence-electron chi connectivity index (χ0n) is 12.2. The van der Waals surface area contributed by atoms with E-state index in [1.807, 2.05) is 27.7 Å². The molecular formula is C14H24O5. The molecule has 5 heteroatoms. The van der Waals surface area contributed by atoms with Crippen LogP contribution in [0.5, 0.6) is 0 Å². The van der Waals surface area contributed by atoms with Crippen LogP contribution in [0.3, 0.4) is 0 Å². The summed E-state index contributed by atoms with van der Waals surface area (Å²) in [6, 6.07) is 0. The van der Waals surface area contributed by atoms with E-state index in [9.17, 15) is 0 Å². The Bertz CT molecular complexity index is 326. The van der Waals surface area contributed by atoms with Crippen molar-refractivity contribution in [3.8, 4) is 0 Å². The minimum absolute atomic E-state index is 0.130. The zero-order chi connectivity index (χ0) is 14.1. The van der Waals surface area contributed by atoms with Gasteiger partial charge in [-0.2, -0.15) is 0 Å². The molecule has 0 saturated carbocycles. The predicted octanol–water partition coefficient (Wildman–Crippen LogP) is 1.86. The van der Waals surface area contributed by atoms with Crippen LogP contribution in [0, 0.1) is 0 Å². The fourth-order valence-electron chi connectivity index (χ4n) is 2.45. The number of ether oxygens (including phenoxy) is 5. The molecule has 2 fully saturated rings. The molecule has 0 aromatic carbocycles. The highest BCUT2D eigenvalue weighted by atomic mass is 16.8. The summed E-state index contributed by atoms with van der Waals surface area (Å²) in [7, 11) is 0. The van der Waals surface area contributed by atoms with Crippen LogP contribution in [0.1, 0.15) is 27.7 Å². The van der Waals surface area contributed by atoms with Crippen molar-refractivity contribution in [2.45, 2.75) is 57.6 Å². The van der Waals surface area contributed by atoms with Crippen molar-refractivity contribution in [3.05, 3.63) is 12.7 Å². The van der Waals surface area contributed by atoms with Crippen LogP contribution in [0.2, 0.25) is 0 Å². The van der Waals surface area contributed by atoms with E-state index >= 15 is 0 Å². The van der Waals surface area contributed by atoms with Crippen molar-refractivity contribution < 1.29 is 23.7 Å². The first-order valence-corrected chi connectivity index (χ1v) is 6.69. The van der Waals surface area contributed by atoms with Gasteiger partial charge in [-0.1, -0.05) is 6.08 Å². The molecule has 0 unspecified atom stereocenters. The lowest BCUT2D eigenvalue weighted by Crippen LogP contribution is -2.40. The third-order valence-electron chi connectivity index (χ3n) is 3.14. The molecule has 2 rings (SSSR count). The van der Waals surface area contributed by atoms with E-state index in [-0.39, 0.29) is 18.3 Å². The second-order valence-electron chi connectivity index (χ2n) is 5.83. The summed E-state index contributed by atoms with van der Waals surface area (Å²) in [5.74, 6) is -1.18. The quantitative estimate of drug-likeness (QED) is 0.564. The zero-order valence-corrected chi connectivity index (χ0v) is 12.2. The van der Waals surface area contributed by atoms with Gasteiger partial charge in [0.15, 0.2) is 11.6 Å². The molecule has 0 radical (unpaired) electrons. The number of hydrogen-bond acceptors (Lipinski definition) is 5. The van der Waals surface area contributed by atoms with Gasteiger partial charge in [-0.05, 0) is 27.7 Å². The summed E-state index contributed by atoms with van der Waals surface area (Å²) in [5.41, 5.74) is 0. The fraction of sp³-hybridized carbons (Fsp3) is 0.857. The lowest BCUT2D eigenvalue weighted by Gasteiger charge is -2.23. The maximum Gasteiger partial charge on any atom is 0.164 e. The predicted molar refractivity (Wildman–Crippen MR) is 69.7 cm³/mol. The second kappa shape index (κ2) is 5.50. The highest BCUT2D eigenvalue weighted by Gasteiger charge is 2.49. The Kier molecular flexibility index (Phi) is 4.32. The molecule has 5 nitrogen and oxygen atoms in total. The maximum atomic E-state index is 5.94. The summed E-state index contributed by atoms with van der Waals surface area (Å²) in [6.45, 7) is 12.7. The largest absolute Gasteiger partial charge is 0.375 e. The van der Waals surface area contributed by atoms with Crippen molar-refractivity contribution in [1.82, 2.24) is 0 Å². The fourth-order valence-corrected chi connectivity index (χ4v) is 2.45. The summed E-state index contributed by atoms with van der Waals surface area (Å²) < 4.78 is 28.7. The van der Waals surface area contributed by atoms with Crippen molar-refractivity contribution >= 4 is 0 Å². The van der Waals surface area contributed by atoms with Gasteiger partial charge in [-0.25, -0.2) is 0 Å². The van der Waals surface area contributed by atoms with Crippen molar-refractivity contribution in [1.29, 1.82) is 0 Å². The molecule has 0 bridgehead atoms. The van der Waals surface area contributed by atoms with Crippen molar-refractivity contribution in [2.24, 2.45) is 0 Å². The van der Waals surface area contributed by atoms with Gasteiger partial charge < -0.3 is 23.7 Å². The molecule has 0 aliphatic carbocycles. The molecule has 3 atom stereocenters. The lowest BCUT2D eigenvalue weighted by molar-refractivity contribution is -0.175. The topological polar surface area (TPSA) is 46.2 Å². The first-order chi connectivity index (χ1) is 8.83. The standard InChI is InChI=1S/C14H24O5/c1-6-7-15-8-10-12(19-14(4,5)18-10)11-9-16-13(2,3)17-11/h6,10-12H,1,7-9H2,2-5H3/t10-,11+,12+/m1/s1. The Balaban J connectivity index is 1.97. The lowest BCUT2D eigenvalue weighted by atomic mass is 10.1. The number of rotatable bonds is 5. The van der Waals surface area contributed by atoms with E-state index in [0.717, 1.165) is 0 Å². The van der Waals surface area contributed by atoms with Crippen LogP contribution < -0.4 is 0 Å². The second-order valence-corrected chi connectivity index (χ2v) is 5.83. The van der Waals surface area contributed by atoms with Crippen LogP contribution in [0.4, 0.5) is 0 Å². The van der Waals surface area contributed by atoms with Gasteiger partial charge in [0.1, 0.15) is 18.3 Å². The Labute approximate surface area is 114 Å². The summed E-state index contributed by atoms with van der Waals surface area (Å²) in [6.07, 6.45) is 1.25. The number of hydrogen-bond donors (Lipinski definition) is 0. The molecule has 0 N–H and O–H groups in total. The molecular weight excluding hydrogens is 248 g/mol. The smallest absolute Gasteiger partial charge is 0.164 e. The van der Waals surface area contributed by atoms with Gasteiger partial charge in [0, 0.05) is 0 Å². The molecule has 0 amide bonds. The molecule has 2 heterocycles. The minimum Gasteiger partial charge on any atom is -0.375 e. The molecule has 0 aromatic rings. The highest BCUT2D eigenvalue weighted by molar-refractivity contribution is 4.90. The van der Waals surface area contributed by atoms with Gasteiger partial charge in [-0.3, -0.25) is 0 Å². The molecule has 19 heavy (non-hydrogen) atoms. The molecule has 0 aromatic heterocycles. The third kappa shape index (κ3) is 3.77. The van der Waals surface area contributed by atoms with Crippen molar-refractivity contribution in [2.75, 3.05) is 19.8 Å². The molecule has 0 spiro atoms. The van der Waals surface area contributed by atoms with Crippen molar-refractivity contribution in [3.63, 3.8) is 0 Å². The SMILES string of the molecule is C=CCOC[C@H]1OC(C)(C)O[C@@H]1[C@@H]1COC(C)(C)O1. The summed E-state index contributed by atoms with van der Waals surface area (Å²) in [4.78, 5) is 0. The molecule has 2 aliphatic heterocycles. The van der Waals surface area contributed by atoms with E-state index in [1.165, 1.54) is 0 Å². The average molecular weight is 272 g/mol. The molecule has 2 saturated heterocycles. The van der Waals surface area contributed by atoms with Crippen LogP contribution in [0.15, 0.2) is 12.7 Å². The summed E-state index contributed by atoms with van der Waals surface area (Å²) >= 11 is 0. The summed E-state index contributed by atoms with van der Waals surface area (Å²) in [5, 5.41) is 0. The molecule has 2 aliphatic rings.